The van der Waals surface area contributed by atoms with Gasteiger partial charge in [0.2, 0.25) is 0 Å². The molecule has 1 unspecified atom stereocenters. The largest absolute Gasteiger partial charge is 0.366 e. The van der Waals surface area contributed by atoms with Gasteiger partial charge in [-0.1, -0.05) is 13.0 Å². The summed E-state index contributed by atoms with van der Waals surface area (Å²) >= 11 is 0. The van der Waals surface area contributed by atoms with Gasteiger partial charge in [-0.05, 0) is 25.1 Å². The lowest BCUT2D eigenvalue weighted by molar-refractivity contribution is 0.100. The van der Waals surface area contributed by atoms with Crippen LogP contribution in [0.1, 0.15) is 35.8 Å². The average molecular weight is 259 g/mol. The second-order valence-electron chi connectivity index (χ2n) is 4.27. The highest BCUT2D eigenvalue weighted by molar-refractivity contribution is 5.92. The molecule has 3 N–H and O–H groups in total. The van der Waals surface area contributed by atoms with E-state index in [2.05, 4.69) is 29.2 Å². The van der Waals surface area contributed by atoms with Crippen LogP contribution in [0.25, 0.3) is 5.82 Å². The highest BCUT2D eigenvalue weighted by atomic mass is 16.1. The highest BCUT2D eigenvalue weighted by Crippen LogP contribution is 2.13. The van der Waals surface area contributed by atoms with Gasteiger partial charge in [0.05, 0.1) is 11.8 Å². The fourth-order valence-electron chi connectivity index (χ4n) is 1.79. The minimum atomic E-state index is -0.497. The van der Waals surface area contributed by atoms with Crippen LogP contribution in [0.4, 0.5) is 0 Å². The molecular formula is C13H17N5O. The van der Waals surface area contributed by atoms with E-state index in [4.69, 9.17) is 5.73 Å². The van der Waals surface area contributed by atoms with Gasteiger partial charge in [-0.15, -0.1) is 0 Å². The third-order valence-corrected chi connectivity index (χ3v) is 2.88. The van der Waals surface area contributed by atoms with Crippen LogP contribution in [0.15, 0.2) is 30.7 Å². The number of pyridine rings is 1. The Morgan fingerprint density at radius 3 is 2.79 bits per heavy atom. The van der Waals surface area contributed by atoms with E-state index in [1.54, 1.807) is 12.4 Å². The van der Waals surface area contributed by atoms with Crippen LogP contribution in [0.2, 0.25) is 0 Å². The van der Waals surface area contributed by atoms with Crippen molar-refractivity contribution in [2.75, 3.05) is 6.54 Å². The van der Waals surface area contributed by atoms with Gasteiger partial charge >= 0.3 is 0 Å². The Bertz CT molecular complexity index is 561. The zero-order chi connectivity index (χ0) is 13.8. The van der Waals surface area contributed by atoms with E-state index in [1.165, 1.54) is 10.9 Å². The summed E-state index contributed by atoms with van der Waals surface area (Å²) < 4.78 is 1.53. The van der Waals surface area contributed by atoms with Crippen molar-refractivity contribution in [3.63, 3.8) is 0 Å². The lowest BCUT2D eigenvalue weighted by atomic mass is 10.1. The van der Waals surface area contributed by atoms with Crippen molar-refractivity contribution in [2.24, 2.45) is 5.73 Å². The Hall–Kier alpha value is -2.21. The first-order valence-electron chi connectivity index (χ1n) is 6.16. The summed E-state index contributed by atoms with van der Waals surface area (Å²) in [5.74, 6) is 0.156. The van der Waals surface area contributed by atoms with Gasteiger partial charge < -0.3 is 11.1 Å². The average Bonchev–Trinajstić information content (AvgIpc) is 2.89. The molecule has 2 rings (SSSR count). The first-order valence-corrected chi connectivity index (χ1v) is 6.16. The molecule has 0 bridgehead atoms. The fraction of sp³-hybridized carbons (Fsp3) is 0.308. The summed E-state index contributed by atoms with van der Waals surface area (Å²) in [5, 5.41) is 7.37. The Morgan fingerprint density at radius 1 is 1.47 bits per heavy atom. The molecule has 2 aromatic rings. The van der Waals surface area contributed by atoms with Crippen LogP contribution in [0.3, 0.4) is 0 Å². The number of carbonyl (C=O) groups is 1. The van der Waals surface area contributed by atoms with Crippen molar-refractivity contribution in [3.05, 3.63) is 41.9 Å². The van der Waals surface area contributed by atoms with Crippen LogP contribution >= 0.6 is 0 Å². The van der Waals surface area contributed by atoms with E-state index in [1.807, 2.05) is 12.1 Å². The van der Waals surface area contributed by atoms with E-state index in [-0.39, 0.29) is 6.04 Å². The first-order chi connectivity index (χ1) is 9.11. The predicted octanol–water partition coefficient (Wildman–Crippen LogP) is 1.04. The lowest BCUT2D eigenvalue weighted by Crippen LogP contribution is -2.17. The number of primary amides is 1. The summed E-state index contributed by atoms with van der Waals surface area (Å²) in [4.78, 5) is 15.3. The standard InChI is InChI=1S/C13H17N5O/c1-3-15-9(2)10-4-5-12(16-6-10)18-8-11(7-17-18)13(14)19/h4-9,15H,3H2,1-2H3,(H2,14,19). The molecule has 1 amide bonds. The fourth-order valence-corrected chi connectivity index (χ4v) is 1.79. The van der Waals surface area contributed by atoms with Gasteiger partial charge in [0.15, 0.2) is 5.82 Å². The molecule has 0 radical (unpaired) electrons. The third-order valence-electron chi connectivity index (χ3n) is 2.88. The van der Waals surface area contributed by atoms with Crippen molar-refractivity contribution in [1.29, 1.82) is 0 Å². The topological polar surface area (TPSA) is 85.8 Å². The first kappa shape index (κ1) is 13.2. The smallest absolute Gasteiger partial charge is 0.251 e. The van der Waals surface area contributed by atoms with Crippen molar-refractivity contribution >= 4 is 5.91 Å². The highest BCUT2D eigenvalue weighted by Gasteiger charge is 2.08. The molecule has 0 aliphatic carbocycles. The van der Waals surface area contributed by atoms with Crippen LogP contribution in [-0.4, -0.2) is 27.2 Å². The normalized spacial score (nSPS) is 12.3. The van der Waals surface area contributed by atoms with Crippen LogP contribution in [0.5, 0.6) is 0 Å². The number of nitrogens with two attached hydrogens (primary N) is 1. The minimum Gasteiger partial charge on any atom is -0.366 e. The van der Waals surface area contributed by atoms with E-state index in [9.17, 15) is 4.79 Å². The predicted molar refractivity (Wildman–Crippen MR) is 72.0 cm³/mol. The lowest BCUT2D eigenvalue weighted by Gasteiger charge is -2.12. The molecule has 0 spiro atoms. The molecule has 0 saturated carbocycles. The summed E-state index contributed by atoms with van der Waals surface area (Å²) in [5.41, 5.74) is 6.65. The van der Waals surface area contributed by atoms with Gasteiger partial charge in [-0.3, -0.25) is 4.79 Å². The van der Waals surface area contributed by atoms with E-state index < -0.39 is 5.91 Å². The number of hydrogen-bond donors (Lipinski definition) is 2. The van der Waals surface area contributed by atoms with Crippen molar-refractivity contribution < 1.29 is 4.79 Å². The van der Waals surface area contributed by atoms with Gasteiger partial charge in [0.1, 0.15) is 0 Å². The van der Waals surface area contributed by atoms with Crippen LogP contribution < -0.4 is 11.1 Å². The number of nitrogens with one attached hydrogen (secondary N) is 1. The summed E-state index contributed by atoms with van der Waals surface area (Å²) in [6, 6.07) is 4.10. The molecule has 1 atom stereocenters. The van der Waals surface area contributed by atoms with Crippen LogP contribution in [0, 0.1) is 0 Å². The molecule has 0 saturated heterocycles. The summed E-state index contributed by atoms with van der Waals surface area (Å²) in [7, 11) is 0. The third kappa shape index (κ3) is 2.97. The molecule has 0 aliphatic rings. The number of nitrogens with zero attached hydrogens (tertiary/aromatic N) is 3. The molecule has 6 nitrogen and oxygen atoms in total. The molecular weight excluding hydrogens is 242 g/mol. The second kappa shape index (κ2) is 5.62. The van der Waals surface area contributed by atoms with Crippen molar-refractivity contribution in [3.8, 4) is 5.82 Å². The Kier molecular flexibility index (Phi) is 3.91. The second-order valence-corrected chi connectivity index (χ2v) is 4.27. The van der Waals surface area contributed by atoms with Gasteiger partial charge in [0, 0.05) is 18.4 Å². The number of carbonyl (C=O) groups excluding carboxylic acids is 1. The van der Waals surface area contributed by atoms with E-state index in [0.717, 1.165) is 12.1 Å². The van der Waals surface area contributed by atoms with Crippen molar-refractivity contribution in [2.45, 2.75) is 19.9 Å². The molecule has 0 fully saturated rings. The Morgan fingerprint density at radius 2 is 2.26 bits per heavy atom. The maximum Gasteiger partial charge on any atom is 0.251 e. The van der Waals surface area contributed by atoms with Gasteiger partial charge in [-0.2, -0.15) is 5.10 Å². The molecule has 0 aromatic carbocycles. The summed E-state index contributed by atoms with van der Waals surface area (Å²) in [6.45, 7) is 5.05. The quantitative estimate of drug-likeness (QED) is 0.840. The minimum absolute atomic E-state index is 0.255. The summed E-state index contributed by atoms with van der Waals surface area (Å²) in [6.07, 6.45) is 4.80. The number of amides is 1. The number of aromatic nitrogens is 3. The van der Waals surface area contributed by atoms with E-state index in [0.29, 0.717) is 11.4 Å². The van der Waals surface area contributed by atoms with Crippen molar-refractivity contribution in [1.82, 2.24) is 20.1 Å². The SMILES string of the molecule is CCNC(C)c1ccc(-n2cc(C(N)=O)cn2)nc1. The molecule has 100 valence electrons. The number of hydrogen-bond acceptors (Lipinski definition) is 4. The zero-order valence-corrected chi connectivity index (χ0v) is 11.0. The molecule has 6 heteroatoms. The Labute approximate surface area is 111 Å². The van der Waals surface area contributed by atoms with Gasteiger partial charge in [-0.25, -0.2) is 9.67 Å². The molecule has 19 heavy (non-hydrogen) atoms. The van der Waals surface area contributed by atoms with Crippen LogP contribution in [-0.2, 0) is 0 Å². The monoisotopic (exact) mass is 259 g/mol. The zero-order valence-electron chi connectivity index (χ0n) is 11.0. The van der Waals surface area contributed by atoms with E-state index >= 15 is 0 Å². The Balaban J connectivity index is 2.19. The van der Waals surface area contributed by atoms with Gasteiger partial charge in [0.25, 0.3) is 5.91 Å². The molecule has 2 aromatic heterocycles. The maximum absolute atomic E-state index is 11.0. The molecule has 0 aliphatic heterocycles. The number of rotatable bonds is 5. The molecule has 2 heterocycles. The maximum atomic E-state index is 11.0.